The molecule has 66 valence electrons. The van der Waals surface area contributed by atoms with E-state index in [0.717, 1.165) is 13.0 Å². The zero-order valence-electron chi connectivity index (χ0n) is 7.61. The lowest BCUT2D eigenvalue weighted by molar-refractivity contribution is -0.122. The van der Waals surface area contributed by atoms with E-state index in [0.29, 0.717) is 6.54 Å². The third-order valence-electron chi connectivity index (χ3n) is 1.44. The molecular formula is C8H18N2O. The second-order valence-electron chi connectivity index (χ2n) is 2.57. The molecule has 0 bridgehead atoms. The van der Waals surface area contributed by atoms with Gasteiger partial charge in [-0.1, -0.05) is 6.92 Å². The minimum atomic E-state index is -0.0603. The number of likely N-dealkylation sites (N-methyl/N-ethyl adjacent to an activating group) is 1. The Labute approximate surface area is 68.6 Å². The van der Waals surface area contributed by atoms with Crippen LogP contribution >= 0.6 is 0 Å². The van der Waals surface area contributed by atoms with Crippen LogP contribution in [0.1, 0.15) is 27.2 Å². The second kappa shape index (κ2) is 6.16. The van der Waals surface area contributed by atoms with E-state index in [-0.39, 0.29) is 11.9 Å². The molecule has 0 fully saturated rings. The summed E-state index contributed by atoms with van der Waals surface area (Å²) < 4.78 is 0. The van der Waals surface area contributed by atoms with Crippen LogP contribution in [0, 0.1) is 0 Å². The van der Waals surface area contributed by atoms with E-state index in [2.05, 4.69) is 17.6 Å². The van der Waals surface area contributed by atoms with Crippen molar-refractivity contribution in [3.63, 3.8) is 0 Å². The Morgan fingerprint density at radius 3 is 2.55 bits per heavy atom. The number of rotatable bonds is 5. The molecule has 2 N–H and O–H groups in total. The van der Waals surface area contributed by atoms with E-state index in [9.17, 15) is 4.79 Å². The molecule has 0 rings (SSSR count). The van der Waals surface area contributed by atoms with Crippen LogP contribution < -0.4 is 10.6 Å². The lowest BCUT2D eigenvalue weighted by Crippen LogP contribution is -2.42. The molecule has 0 saturated heterocycles. The molecule has 0 aliphatic carbocycles. The average molecular weight is 158 g/mol. The van der Waals surface area contributed by atoms with Crippen molar-refractivity contribution >= 4 is 5.91 Å². The van der Waals surface area contributed by atoms with E-state index < -0.39 is 0 Å². The molecule has 0 heterocycles. The lowest BCUT2D eigenvalue weighted by atomic mass is 10.3. The van der Waals surface area contributed by atoms with Crippen LogP contribution in [0.5, 0.6) is 0 Å². The Morgan fingerprint density at radius 2 is 2.09 bits per heavy atom. The van der Waals surface area contributed by atoms with Gasteiger partial charge in [0.25, 0.3) is 0 Å². The highest BCUT2D eigenvalue weighted by molar-refractivity contribution is 5.81. The Bertz CT molecular complexity index is 115. The summed E-state index contributed by atoms with van der Waals surface area (Å²) in [6.45, 7) is 7.48. The van der Waals surface area contributed by atoms with Crippen molar-refractivity contribution in [3.05, 3.63) is 0 Å². The van der Waals surface area contributed by atoms with Crippen LogP contribution in [0.15, 0.2) is 0 Å². The molecule has 3 nitrogen and oxygen atoms in total. The number of hydrogen-bond acceptors (Lipinski definition) is 2. The first-order valence-electron chi connectivity index (χ1n) is 4.23. The zero-order valence-corrected chi connectivity index (χ0v) is 7.61. The van der Waals surface area contributed by atoms with E-state index >= 15 is 0 Å². The number of nitrogens with one attached hydrogen (secondary N) is 2. The Hall–Kier alpha value is -0.570. The molecular weight excluding hydrogens is 140 g/mol. The van der Waals surface area contributed by atoms with Crippen molar-refractivity contribution in [2.24, 2.45) is 0 Å². The smallest absolute Gasteiger partial charge is 0.236 e. The molecule has 0 aromatic rings. The molecule has 0 aromatic carbocycles. The van der Waals surface area contributed by atoms with Crippen LogP contribution in [0.3, 0.4) is 0 Å². The first-order valence-corrected chi connectivity index (χ1v) is 4.23. The summed E-state index contributed by atoms with van der Waals surface area (Å²) in [6.07, 6.45) is 1.06. The van der Waals surface area contributed by atoms with Crippen LogP contribution in [0.25, 0.3) is 0 Å². The Kier molecular flexibility index (Phi) is 5.84. The third kappa shape index (κ3) is 4.79. The fourth-order valence-corrected chi connectivity index (χ4v) is 0.781. The predicted molar refractivity (Wildman–Crippen MR) is 46.4 cm³/mol. The molecule has 0 saturated carbocycles. The van der Waals surface area contributed by atoms with Gasteiger partial charge in [-0.25, -0.2) is 0 Å². The maximum atomic E-state index is 11.1. The van der Waals surface area contributed by atoms with Crippen molar-refractivity contribution in [1.29, 1.82) is 0 Å². The minimum Gasteiger partial charge on any atom is -0.355 e. The maximum Gasteiger partial charge on any atom is 0.236 e. The monoisotopic (exact) mass is 158 g/mol. The van der Waals surface area contributed by atoms with Crippen molar-refractivity contribution in [2.45, 2.75) is 33.2 Å². The first kappa shape index (κ1) is 10.4. The standard InChI is InChI=1S/C8H18N2O/c1-4-6-10-7(3)8(11)9-5-2/h7,10H,4-6H2,1-3H3,(H,9,11). The molecule has 0 spiro atoms. The van der Waals surface area contributed by atoms with Crippen LogP contribution in [0.2, 0.25) is 0 Å². The summed E-state index contributed by atoms with van der Waals surface area (Å²) in [6, 6.07) is -0.0603. The molecule has 3 heteroatoms. The quantitative estimate of drug-likeness (QED) is 0.612. The summed E-state index contributed by atoms with van der Waals surface area (Å²) in [7, 11) is 0. The summed E-state index contributed by atoms with van der Waals surface area (Å²) in [5.41, 5.74) is 0. The lowest BCUT2D eigenvalue weighted by Gasteiger charge is -2.11. The second-order valence-corrected chi connectivity index (χ2v) is 2.57. The topological polar surface area (TPSA) is 41.1 Å². The van der Waals surface area contributed by atoms with Gasteiger partial charge in [-0.05, 0) is 26.8 Å². The van der Waals surface area contributed by atoms with E-state index in [4.69, 9.17) is 0 Å². The molecule has 0 radical (unpaired) electrons. The van der Waals surface area contributed by atoms with Crippen molar-refractivity contribution in [1.82, 2.24) is 10.6 Å². The minimum absolute atomic E-state index is 0.0603. The Morgan fingerprint density at radius 1 is 1.45 bits per heavy atom. The maximum absolute atomic E-state index is 11.1. The van der Waals surface area contributed by atoms with Gasteiger partial charge >= 0.3 is 0 Å². The highest BCUT2D eigenvalue weighted by atomic mass is 16.2. The van der Waals surface area contributed by atoms with E-state index in [1.165, 1.54) is 0 Å². The molecule has 0 aliphatic heterocycles. The van der Waals surface area contributed by atoms with Crippen molar-refractivity contribution < 1.29 is 4.79 Å². The summed E-state index contributed by atoms with van der Waals surface area (Å²) in [5, 5.41) is 5.86. The van der Waals surface area contributed by atoms with Gasteiger partial charge in [-0.15, -0.1) is 0 Å². The number of hydrogen-bond donors (Lipinski definition) is 2. The molecule has 1 amide bonds. The molecule has 1 unspecified atom stereocenters. The van der Waals surface area contributed by atoms with Gasteiger partial charge in [0.15, 0.2) is 0 Å². The fraction of sp³-hybridized carbons (Fsp3) is 0.875. The SMILES string of the molecule is CCCNC(C)C(=O)NCC. The third-order valence-corrected chi connectivity index (χ3v) is 1.44. The van der Waals surface area contributed by atoms with Gasteiger partial charge in [-0.2, -0.15) is 0 Å². The number of carbonyl (C=O) groups is 1. The first-order chi connectivity index (χ1) is 5.22. The van der Waals surface area contributed by atoms with Gasteiger partial charge in [0.1, 0.15) is 0 Å². The largest absolute Gasteiger partial charge is 0.355 e. The predicted octanol–water partition coefficient (Wildman–Crippen LogP) is 0.511. The summed E-state index contributed by atoms with van der Waals surface area (Å²) in [4.78, 5) is 11.1. The normalized spacial score (nSPS) is 12.6. The fourth-order valence-electron chi connectivity index (χ4n) is 0.781. The average Bonchev–Trinajstić information content (AvgIpc) is 2.00. The van der Waals surface area contributed by atoms with E-state index in [1.807, 2.05) is 13.8 Å². The zero-order chi connectivity index (χ0) is 8.69. The molecule has 0 aliphatic rings. The number of amides is 1. The van der Waals surface area contributed by atoms with Gasteiger partial charge in [0.2, 0.25) is 5.91 Å². The van der Waals surface area contributed by atoms with Crippen molar-refractivity contribution in [2.75, 3.05) is 13.1 Å². The number of carbonyl (C=O) groups excluding carboxylic acids is 1. The molecule has 0 aromatic heterocycles. The molecule has 11 heavy (non-hydrogen) atoms. The van der Waals surface area contributed by atoms with Gasteiger partial charge < -0.3 is 10.6 Å². The summed E-state index contributed by atoms with van der Waals surface area (Å²) in [5.74, 6) is 0.0842. The van der Waals surface area contributed by atoms with Crippen LogP contribution in [0.4, 0.5) is 0 Å². The Balaban J connectivity index is 3.46. The molecule has 1 atom stereocenters. The van der Waals surface area contributed by atoms with Crippen LogP contribution in [-0.4, -0.2) is 25.0 Å². The summed E-state index contributed by atoms with van der Waals surface area (Å²) >= 11 is 0. The van der Waals surface area contributed by atoms with E-state index in [1.54, 1.807) is 0 Å². The van der Waals surface area contributed by atoms with Gasteiger partial charge in [-0.3, -0.25) is 4.79 Å². The highest BCUT2D eigenvalue weighted by Crippen LogP contribution is 1.81. The van der Waals surface area contributed by atoms with Gasteiger partial charge in [0.05, 0.1) is 6.04 Å². The highest BCUT2D eigenvalue weighted by Gasteiger charge is 2.08. The van der Waals surface area contributed by atoms with Gasteiger partial charge in [0, 0.05) is 6.54 Å². The van der Waals surface area contributed by atoms with Crippen LogP contribution in [-0.2, 0) is 4.79 Å². The van der Waals surface area contributed by atoms with Crippen molar-refractivity contribution in [3.8, 4) is 0 Å².